The van der Waals surface area contributed by atoms with E-state index in [2.05, 4.69) is 16.0 Å². The maximum absolute atomic E-state index is 12.4. The molecule has 0 radical (unpaired) electrons. The van der Waals surface area contributed by atoms with Crippen LogP contribution in [0, 0.1) is 18.3 Å². The molecule has 1 aromatic carbocycles. The fourth-order valence-electron chi connectivity index (χ4n) is 2.79. The lowest BCUT2D eigenvalue weighted by Gasteiger charge is -2.35. The molecular formula is C18H19N5O. The van der Waals surface area contributed by atoms with Gasteiger partial charge in [-0.15, -0.1) is 0 Å². The molecule has 6 heteroatoms. The van der Waals surface area contributed by atoms with Crippen molar-refractivity contribution in [1.29, 1.82) is 5.26 Å². The predicted molar refractivity (Wildman–Crippen MR) is 90.4 cm³/mol. The zero-order chi connectivity index (χ0) is 16.9. The van der Waals surface area contributed by atoms with E-state index >= 15 is 0 Å². The number of carbonyl (C=O) groups is 1. The minimum absolute atomic E-state index is 0.142. The van der Waals surface area contributed by atoms with Gasteiger partial charge in [-0.25, -0.2) is 9.97 Å². The molecule has 0 unspecified atom stereocenters. The quantitative estimate of drug-likeness (QED) is 0.857. The molecule has 0 N–H and O–H groups in total. The highest BCUT2D eigenvalue weighted by Gasteiger charge is 2.23. The molecule has 0 aliphatic carbocycles. The van der Waals surface area contributed by atoms with Crippen molar-refractivity contribution < 1.29 is 4.79 Å². The molecule has 1 aliphatic rings. The van der Waals surface area contributed by atoms with Crippen LogP contribution in [0.5, 0.6) is 0 Å². The van der Waals surface area contributed by atoms with Gasteiger partial charge in [0.05, 0.1) is 6.42 Å². The summed E-state index contributed by atoms with van der Waals surface area (Å²) in [5.74, 6) is 0.713. The molecule has 1 amide bonds. The van der Waals surface area contributed by atoms with E-state index in [1.54, 1.807) is 6.07 Å². The van der Waals surface area contributed by atoms with Crippen molar-refractivity contribution in [2.75, 3.05) is 31.1 Å². The largest absolute Gasteiger partial charge is 0.339 e. The number of anilines is 1. The predicted octanol–water partition coefficient (Wildman–Crippen LogP) is 1.55. The molecule has 1 saturated heterocycles. The second-order valence-corrected chi connectivity index (χ2v) is 5.84. The van der Waals surface area contributed by atoms with Crippen LogP contribution in [0.3, 0.4) is 0 Å². The standard InChI is InChI=1S/C18H19N5O/c1-14-11-16(13-19)21-18(20-14)23-9-7-22(8-10-23)17(24)12-15-5-3-2-4-6-15/h2-6,11H,7-10,12H2,1H3. The first-order valence-electron chi connectivity index (χ1n) is 7.98. The average molecular weight is 321 g/mol. The molecule has 2 aromatic rings. The van der Waals surface area contributed by atoms with Crippen molar-refractivity contribution in [2.24, 2.45) is 0 Å². The number of aromatic nitrogens is 2. The highest BCUT2D eigenvalue weighted by molar-refractivity contribution is 5.79. The molecule has 0 bridgehead atoms. The van der Waals surface area contributed by atoms with Crippen LogP contribution in [0.25, 0.3) is 0 Å². The normalized spacial score (nSPS) is 14.3. The van der Waals surface area contributed by atoms with E-state index in [1.165, 1.54) is 0 Å². The molecule has 1 aliphatic heterocycles. The third-order valence-electron chi connectivity index (χ3n) is 4.07. The van der Waals surface area contributed by atoms with E-state index in [9.17, 15) is 4.79 Å². The first-order valence-corrected chi connectivity index (χ1v) is 7.98. The van der Waals surface area contributed by atoms with Gasteiger partial charge in [0.25, 0.3) is 0 Å². The number of nitrogens with zero attached hydrogens (tertiary/aromatic N) is 5. The van der Waals surface area contributed by atoms with E-state index in [1.807, 2.05) is 47.1 Å². The van der Waals surface area contributed by atoms with Gasteiger partial charge in [0.1, 0.15) is 11.8 Å². The highest BCUT2D eigenvalue weighted by atomic mass is 16.2. The van der Waals surface area contributed by atoms with Crippen molar-refractivity contribution in [2.45, 2.75) is 13.3 Å². The summed E-state index contributed by atoms with van der Waals surface area (Å²) in [5.41, 5.74) is 2.19. The molecule has 24 heavy (non-hydrogen) atoms. The Morgan fingerprint density at radius 3 is 2.54 bits per heavy atom. The monoisotopic (exact) mass is 321 g/mol. The smallest absolute Gasteiger partial charge is 0.227 e. The van der Waals surface area contributed by atoms with E-state index in [-0.39, 0.29) is 5.91 Å². The zero-order valence-electron chi connectivity index (χ0n) is 13.6. The maximum Gasteiger partial charge on any atom is 0.227 e. The van der Waals surface area contributed by atoms with E-state index in [0.717, 1.165) is 11.3 Å². The number of piperazine rings is 1. The molecule has 0 atom stereocenters. The third-order valence-corrected chi connectivity index (χ3v) is 4.07. The topological polar surface area (TPSA) is 73.1 Å². The van der Waals surface area contributed by atoms with Crippen LogP contribution in [0.2, 0.25) is 0 Å². The average Bonchev–Trinajstić information content (AvgIpc) is 2.62. The van der Waals surface area contributed by atoms with Crippen LogP contribution < -0.4 is 4.90 Å². The Labute approximate surface area is 141 Å². The number of benzene rings is 1. The van der Waals surface area contributed by atoms with Gasteiger partial charge >= 0.3 is 0 Å². The zero-order valence-corrected chi connectivity index (χ0v) is 13.6. The van der Waals surface area contributed by atoms with Crippen LogP contribution >= 0.6 is 0 Å². The Balaban J connectivity index is 1.61. The van der Waals surface area contributed by atoms with Gasteiger partial charge in [-0.3, -0.25) is 4.79 Å². The van der Waals surface area contributed by atoms with Gasteiger partial charge in [-0.2, -0.15) is 5.26 Å². The molecule has 1 fully saturated rings. The van der Waals surface area contributed by atoms with Gasteiger partial charge in [0.2, 0.25) is 11.9 Å². The summed E-state index contributed by atoms with van der Waals surface area (Å²) in [7, 11) is 0. The van der Waals surface area contributed by atoms with Crippen LogP contribution in [0.15, 0.2) is 36.4 Å². The molecule has 3 rings (SSSR count). The second kappa shape index (κ2) is 7.09. The third kappa shape index (κ3) is 3.69. The Kier molecular flexibility index (Phi) is 4.71. The van der Waals surface area contributed by atoms with Crippen molar-refractivity contribution >= 4 is 11.9 Å². The first kappa shape index (κ1) is 15.9. The minimum atomic E-state index is 0.142. The van der Waals surface area contributed by atoms with Crippen molar-refractivity contribution in [3.63, 3.8) is 0 Å². The second-order valence-electron chi connectivity index (χ2n) is 5.84. The minimum Gasteiger partial charge on any atom is -0.339 e. The summed E-state index contributed by atoms with van der Waals surface area (Å²) >= 11 is 0. The number of hydrogen-bond acceptors (Lipinski definition) is 5. The van der Waals surface area contributed by atoms with Gasteiger partial charge < -0.3 is 9.80 Å². The lowest BCUT2D eigenvalue weighted by Crippen LogP contribution is -2.49. The fraction of sp³-hybridized carbons (Fsp3) is 0.333. The Bertz CT molecular complexity index is 761. The summed E-state index contributed by atoms with van der Waals surface area (Å²) in [6.07, 6.45) is 0.431. The van der Waals surface area contributed by atoms with Gasteiger partial charge in [-0.1, -0.05) is 30.3 Å². The molecule has 1 aromatic heterocycles. The first-order chi connectivity index (χ1) is 11.7. The Morgan fingerprint density at radius 1 is 1.17 bits per heavy atom. The maximum atomic E-state index is 12.4. The molecule has 6 nitrogen and oxygen atoms in total. The number of hydrogen-bond donors (Lipinski definition) is 0. The number of aryl methyl sites for hydroxylation is 1. The fourth-order valence-corrected chi connectivity index (χ4v) is 2.79. The van der Waals surface area contributed by atoms with Crippen LogP contribution in [0.4, 0.5) is 5.95 Å². The van der Waals surface area contributed by atoms with E-state index in [4.69, 9.17) is 5.26 Å². The van der Waals surface area contributed by atoms with E-state index < -0.39 is 0 Å². The molecule has 122 valence electrons. The lowest BCUT2D eigenvalue weighted by atomic mass is 10.1. The lowest BCUT2D eigenvalue weighted by molar-refractivity contribution is -0.130. The number of nitriles is 1. The number of amides is 1. The number of carbonyl (C=O) groups excluding carboxylic acids is 1. The summed E-state index contributed by atoms with van der Waals surface area (Å²) in [4.78, 5) is 25.0. The van der Waals surface area contributed by atoms with Crippen LogP contribution in [-0.2, 0) is 11.2 Å². The summed E-state index contributed by atoms with van der Waals surface area (Å²) in [6.45, 7) is 4.49. The van der Waals surface area contributed by atoms with Crippen LogP contribution in [-0.4, -0.2) is 47.0 Å². The van der Waals surface area contributed by atoms with Crippen molar-refractivity contribution in [1.82, 2.24) is 14.9 Å². The Morgan fingerprint density at radius 2 is 1.88 bits per heavy atom. The summed E-state index contributed by atoms with van der Waals surface area (Å²) in [6, 6.07) is 13.5. The SMILES string of the molecule is Cc1cc(C#N)nc(N2CCN(C(=O)Cc3ccccc3)CC2)n1. The highest BCUT2D eigenvalue weighted by Crippen LogP contribution is 2.14. The molecular weight excluding hydrogens is 302 g/mol. The molecule has 0 spiro atoms. The van der Waals surface area contributed by atoms with Crippen molar-refractivity contribution in [3.05, 3.63) is 53.3 Å². The van der Waals surface area contributed by atoms with Gasteiger partial charge in [0.15, 0.2) is 0 Å². The molecule has 2 heterocycles. The Hall–Kier alpha value is -2.94. The summed E-state index contributed by atoms with van der Waals surface area (Å²) < 4.78 is 0. The molecule has 0 saturated carbocycles. The van der Waals surface area contributed by atoms with Gasteiger partial charge in [-0.05, 0) is 18.6 Å². The van der Waals surface area contributed by atoms with E-state index in [0.29, 0.717) is 44.2 Å². The number of rotatable bonds is 3. The van der Waals surface area contributed by atoms with Gasteiger partial charge in [0, 0.05) is 31.9 Å². The summed E-state index contributed by atoms with van der Waals surface area (Å²) in [5, 5.41) is 9.03. The van der Waals surface area contributed by atoms with Crippen molar-refractivity contribution in [3.8, 4) is 6.07 Å². The van der Waals surface area contributed by atoms with Crippen LogP contribution in [0.1, 0.15) is 17.0 Å².